The van der Waals surface area contributed by atoms with Crippen molar-refractivity contribution >= 4 is 17.3 Å². The monoisotopic (exact) mass is 385 g/mol. The van der Waals surface area contributed by atoms with Crippen molar-refractivity contribution < 1.29 is 9.90 Å². The third kappa shape index (κ3) is 3.87. The topological polar surface area (TPSA) is 50.2 Å². The SMILES string of the molecule is O=C(O)Cc1sc(C(c2ccccc2)c2ccccc2)nc1-c1ccccc1. The van der Waals surface area contributed by atoms with Crippen LogP contribution in [0.25, 0.3) is 11.3 Å². The molecule has 1 heterocycles. The summed E-state index contributed by atoms with van der Waals surface area (Å²) in [6, 6.07) is 30.3. The van der Waals surface area contributed by atoms with E-state index in [0.717, 1.165) is 32.3 Å². The van der Waals surface area contributed by atoms with Gasteiger partial charge in [0.2, 0.25) is 0 Å². The van der Waals surface area contributed by atoms with Crippen LogP contribution in [0.2, 0.25) is 0 Å². The number of hydrogen-bond donors (Lipinski definition) is 1. The van der Waals surface area contributed by atoms with Crippen molar-refractivity contribution in [1.82, 2.24) is 4.98 Å². The van der Waals surface area contributed by atoms with Gasteiger partial charge in [0, 0.05) is 10.4 Å². The van der Waals surface area contributed by atoms with Crippen LogP contribution in [0.3, 0.4) is 0 Å². The van der Waals surface area contributed by atoms with Gasteiger partial charge in [0.25, 0.3) is 0 Å². The molecule has 0 saturated carbocycles. The molecule has 0 aliphatic rings. The minimum atomic E-state index is -0.844. The average molecular weight is 385 g/mol. The molecule has 4 aromatic rings. The third-order valence-electron chi connectivity index (χ3n) is 4.59. The Morgan fingerprint density at radius 2 is 1.32 bits per heavy atom. The predicted octanol–water partition coefficient (Wildman–Crippen LogP) is 5.62. The lowest BCUT2D eigenvalue weighted by atomic mass is 9.92. The van der Waals surface area contributed by atoms with E-state index in [-0.39, 0.29) is 12.3 Å². The number of rotatable bonds is 6. The van der Waals surface area contributed by atoms with Gasteiger partial charge in [0.15, 0.2) is 0 Å². The molecule has 0 unspecified atom stereocenters. The van der Waals surface area contributed by atoms with E-state index in [2.05, 4.69) is 24.3 Å². The molecule has 138 valence electrons. The molecule has 28 heavy (non-hydrogen) atoms. The second-order valence-electron chi connectivity index (χ2n) is 6.51. The fourth-order valence-electron chi connectivity index (χ4n) is 3.34. The van der Waals surface area contributed by atoms with Crippen LogP contribution in [0.5, 0.6) is 0 Å². The molecule has 3 aromatic carbocycles. The Morgan fingerprint density at radius 1 is 0.821 bits per heavy atom. The van der Waals surface area contributed by atoms with E-state index in [9.17, 15) is 9.90 Å². The molecular formula is C24H19NO2S. The van der Waals surface area contributed by atoms with Crippen molar-refractivity contribution in [2.45, 2.75) is 12.3 Å². The lowest BCUT2D eigenvalue weighted by molar-refractivity contribution is -0.136. The van der Waals surface area contributed by atoms with Gasteiger partial charge in [-0.05, 0) is 11.1 Å². The fourth-order valence-corrected chi connectivity index (χ4v) is 4.58. The van der Waals surface area contributed by atoms with E-state index in [1.807, 2.05) is 66.7 Å². The van der Waals surface area contributed by atoms with Crippen LogP contribution in [0.15, 0.2) is 91.0 Å². The Balaban J connectivity index is 1.87. The van der Waals surface area contributed by atoms with E-state index in [1.54, 1.807) is 0 Å². The van der Waals surface area contributed by atoms with Crippen LogP contribution in [-0.2, 0) is 11.2 Å². The number of thiazole rings is 1. The predicted molar refractivity (Wildman–Crippen MR) is 113 cm³/mol. The highest BCUT2D eigenvalue weighted by Crippen LogP contribution is 2.38. The zero-order valence-corrected chi connectivity index (χ0v) is 16.0. The van der Waals surface area contributed by atoms with Gasteiger partial charge in [-0.2, -0.15) is 0 Å². The standard InChI is InChI=1S/C24H19NO2S/c26-21(27)16-20-23(19-14-8-3-9-15-19)25-24(28-20)22(17-10-4-1-5-11-17)18-12-6-2-7-13-18/h1-15,22H,16H2,(H,26,27). The second-order valence-corrected chi connectivity index (χ2v) is 7.63. The van der Waals surface area contributed by atoms with E-state index >= 15 is 0 Å². The molecule has 0 radical (unpaired) electrons. The molecular weight excluding hydrogens is 366 g/mol. The first kappa shape index (κ1) is 18.1. The quantitative estimate of drug-likeness (QED) is 0.469. The van der Waals surface area contributed by atoms with Crippen molar-refractivity contribution in [3.05, 3.63) is 112 Å². The van der Waals surface area contributed by atoms with Crippen molar-refractivity contribution in [2.75, 3.05) is 0 Å². The number of hydrogen-bond acceptors (Lipinski definition) is 3. The maximum absolute atomic E-state index is 11.5. The number of benzene rings is 3. The summed E-state index contributed by atoms with van der Waals surface area (Å²) in [5.74, 6) is -0.874. The molecule has 3 nitrogen and oxygen atoms in total. The van der Waals surface area contributed by atoms with Crippen LogP contribution in [0, 0.1) is 0 Å². The highest BCUT2D eigenvalue weighted by atomic mass is 32.1. The molecule has 0 amide bonds. The van der Waals surface area contributed by atoms with E-state index in [0.29, 0.717) is 0 Å². The minimum absolute atomic E-state index is 0.0296. The van der Waals surface area contributed by atoms with Gasteiger partial charge >= 0.3 is 5.97 Å². The molecule has 0 bridgehead atoms. The van der Waals surface area contributed by atoms with Crippen molar-refractivity contribution in [3.63, 3.8) is 0 Å². The molecule has 0 aliphatic heterocycles. The maximum atomic E-state index is 11.5. The third-order valence-corrected chi connectivity index (χ3v) is 5.71. The molecule has 0 saturated heterocycles. The first-order valence-electron chi connectivity index (χ1n) is 9.09. The summed E-state index contributed by atoms with van der Waals surface area (Å²) in [6.07, 6.45) is -0.0296. The molecule has 4 heteroatoms. The fraction of sp³-hybridized carbons (Fsp3) is 0.0833. The first-order valence-corrected chi connectivity index (χ1v) is 9.90. The van der Waals surface area contributed by atoms with Gasteiger partial charge in [-0.3, -0.25) is 4.79 Å². The lowest BCUT2D eigenvalue weighted by Gasteiger charge is -2.15. The van der Waals surface area contributed by atoms with Crippen LogP contribution < -0.4 is 0 Å². The smallest absolute Gasteiger partial charge is 0.308 e. The summed E-state index contributed by atoms with van der Waals surface area (Å²) in [5, 5.41) is 10.3. The normalized spacial score (nSPS) is 10.9. The maximum Gasteiger partial charge on any atom is 0.308 e. The lowest BCUT2D eigenvalue weighted by Crippen LogP contribution is -2.02. The number of carboxylic acid groups (broad SMARTS) is 1. The highest BCUT2D eigenvalue weighted by molar-refractivity contribution is 7.12. The zero-order chi connectivity index (χ0) is 19.3. The van der Waals surface area contributed by atoms with Gasteiger partial charge in [-0.25, -0.2) is 4.98 Å². The number of nitrogens with zero attached hydrogens (tertiary/aromatic N) is 1. The van der Waals surface area contributed by atoms with Crippen LogP contribution in [0.1, 0.15) is 26.9 Å². The highest BCUT2D eigenvalue weighted by Gasteiger charge is 2.24. The molecule has 4 rings (SSSR count). The number of carbonyl (C=O) groups is 1. The largest absolute Gasteiger partial charge is 0.481 e. The average Bonchev–Trinajstić information content (AvgIpc) is 3.13. The molecule has 1 aromatic heterocycles. The van der Waals surface area contributed by atoms with Crippen molar-refractivity contribution in [1.29, 1.82) is 0 Å². The Labute approximate surface area is 168 Å². The van der Waals surface area contributed by atoms with E-state index in [1.165, 1.54) is 11.3 Å². The Hall–Kier alpha value is -3.24. The van der Waals surface area contributed by atoms with Crippen molar-refractivity contribution in [3.8, 4) is 11.3 Å². The molecule has 0 aliphatic carbocycles. The Bertz CT molecular complexity index is 1020. The summed E-state index contributed by atoms with van der Waals surface area (Å²) in [6.45, 7) is 0. The molecule has 0 atom stereocenters. The van der Waals surface area contributed by atoms with Gasteiger partial charge in [0.05, 0.1) is 18.0 Å². The van der Waals surface area contributed by atoms with E-state index in [4.69, 9.17) is 4.98 Å². The van der Waals surface area contributed by atoms with Crippen LogP contribution >= 0.6 is 11.3 Å². The Kier molecular flexibility index (Phi) is 5.31. The number of carboxylic acids is 1. The molecule has 0 spiro atoms. The first-order chi connectivity index (χ1) is 13.7. The second kappa shape index (κ2) is 8.19. The molecule has 0 fully saturated rings. The minimum Gasteiger partial charge on any atom is -0.481 e. The van der Waals surface area contributed by atoms with Gasteiger partial charge in [-0.1, -0.05) is 91.0 Å². The van der Waals surface area contributed by atoms with Gasteiger partial charge in [0.1, 0.15) is 5.01 Å². The van der Waals surface area contributed by atoms with Gasteiger partial charge < -0.3 is 5.11 Å². The summed E-state index contributed by atoms with van der Waals surface area (Å²) in [5.41, 5.74) is 3.99. The van der Waals surface area contributed by atoms with Crippen LogP contribution in [0.4, 0.5) is 0 Å². The number of aromatic nitrogens is 1. The molecule has 1 N–H and O–H groups in total. The van der Waals surface area contributed by atoms with Crippen LogP contribution in [-0.4, -0.2) is 16.1 Å². The summed E-state index contributed by atoms with van der Waals surface area (Å²) in [4.78, 5) is 17.2. The van der Waals surface area contributed by atoms with Gasteiger partial charge in [-0.15, -0.1) is 11.3 Å². The summed E-state index contributed by atoms with van der Waals surface area (Å²) >= 11 is 1.49. The summed E-state index contributed by atoms with van der Waals surface area (Å²) < 4.78 is 0. The van der Waals surface area contributed by atoms with Crippen molar-refractivity contribution in [2.24, 2.45) is 0 Å². The summed E-state index contributed by atoms with van der Waals surface area (Å²) in [7, 11) is 0. The Morgan fingerprint density at radius 3 is 1.82 bits per heavy atom. The van der Waals surface area contributed by atoms with E-state index < -0.39 is 5.97 Å². The zero-order valence-electron chi connectivity index (χ0n) is 15.2. The number of aliphatic carboxylic acids is 1.